The molecule has 0 saturated heterocycles. The van der Waals surface area contributed by atoms with Crippen LogP contribution >= 0.6 is 0 Å². The molecule has 90 valence electrons. The molecule has 0 fully saturated rings. The molecule has 17 heavy (non-hydrogen) atoms. The van der Waals surface area contributed by atoms with Gasteiger partial charge in [0.05, 0.1) is 0 Å². The van der Waals surface area contributed by atoms with Crippen LogP contribution in [0.3, 0.4) is 0 Å². The van der Waals surface area contributed by atoms with Crippen LogP contribution in [0.25, 0.3) is 5.73 Å². The molecule has 0 aliphatic carbocycles. The van der Waals surface area contributed by atoms with Crippen molar-refractivity contribution < 1.29 is 18.9 Å². The molecule has 1 N–H and O–H groups in total. The summed E-state index contributed by atoms with van der Waals surface area (Å²) in [5, 5.41) is 0. The number of hydrogen-bond acceptors (Lipinski definition) is 0. The van der Waals surface area contributed by atoms with Crippen LogP contribution in [-0.4, -0.2) is 0 Å². The van der Waals surface area contributed by atoms with Crippen molar-refractivity contribution in [3.05, 3.63) is 34.6 Å². The van der Waals surface area contributed by atoms with Gasteiger partial charge in [-0.05, 0) is 43.7 Å². The van der Waals surface area contributed by atoms with Gasteiger partial charge >= 0.3 is 18.9 Å². The summed E-state index contributed by atoms with van der Waals surface area (Å²) in [6, 6.07) is 4.12. The van der Waals surface area contributed by atoms with Gasteiger partial charge in [-0.2, -0.15) is 0 Å². The van der Waals surface area contributed by atoms with Gasteiger partial charge in [0.1, 0.15) is 0 Å². The third-order valence-corrected chi connectivity index (χ3v) is 3.29. The Kier molecular flexibility index (Phi) is 8.48. The number of hydrogen-bond donors (Lipinski definition) is 0. The quantitative estimate of drug-likeness (QED) is 0.664. The van der Waals surface area contributed by atoms with Gasteiger partial charge in [-0.3, -0.25) is 0 Å². The molecule has 0 aromatic heterocycles. The van der Waals surface area contributed by atoms with E-state index in [1.54, 1.807) is 0 Å². The predicted molar refractivity (Wildman–Crippen MR) is 72.4 cm³/mol. The van der Waals surface area contributed by atoms with E-state index in [2.05, 4.69) is 26.8 Å². The summed E-state index contributed by atoms with van der Waals surface area (Å²) in [6.07, 6.45) is 7.14. The summed E-state index contributed by atoms with van der Waals surface area (Å²) in [6.45, 7) is 6.63. The second kappa shape index (κ2) is 8.67. The monoisotopic (exact) mass is 225 g/mol. The molecule has 1 aromatic carbocycles. The Bertz CT molecular complexity index is 334. The van der Waals surface area contributed by atoms with Crippen LogP contribution in [0.15, 0.2) is 12.1 Å². The fourth-order valence-electron chi connectivity index (χ4n) is 2.12. The number of unbranched alkanes of at least 4 members (excludes halogenated alkanes) is 2. The van der Waals surface area contributed by atoms with E-state index in [1.807, 2.05) is 6.07 Å². The third kappa shape index (κ3) is 4.78. The van der Waals surface area contributed by atoms with Crippen LogP contribution in [0.5, 0.6) is 0 Å². The molecular weight excluding hydrogens is 201 g/mol. The summed E-state index contributed by atoms with van der Waals surface area (Å²) in [7, 11) is 0. The number of nitrogens with one attached hydrogen (secondary N) is 1. The Hall–Kier alpha value is -0.383. The largest absolute Gasteiger partial charge is 1.00 e. The summed E-state index contributed by atoms with van der Waals surface area (Å²) < 4.78 is 0. The van der Waals surface area contributed by atoms with E-state index in [1.165, 1.54) is 48.8 Å². The van der Waals surface area contributed by atoms with E-state index < -0.39 is 0 Å². The van der Waals surface area contributed by atoms with Crippen molar-refractivity contribution in [3.8, 4) is 0 Å². The van der Waals surface area contributed by atoms with Gasteiger partial charge in [-0.1, -0.05) is 44.4 Å². The third-order valence-electron chi connectivity index (χ3n) is 3.29. The normalized spacial score (nSPS) is 10.1. The summed E-state index contributed by atoms with van der Waals surface area (Å²) in [4.78, 5) is 0. The van der Waals surface area contributed by atoms with Gasteiger partial charge in [0.25, 0.3) is 0 Å². The number of aryl methyl sites for hydroxylation is 1. The van der Waals surface area contributed by atoms with Crippen LogP contribution in [0.4, 0.5) is 5.69 Å². The van der Waals surface area contributed by atoms with Gasteiger partial charge in [-0.25, -0.2) is 0 Å². The molecule has 0 aliphatic heterocycles. The van der Waals surface area contributed by atoms with E-state index in [0.717, 1.165) is 12.1 Å². The minimum absolute atomic E-state index is 0. The van der Waals surface area contributed by atoms with Gasteiger partial charge < -0.3 is 5.73 Å². The van der Waals surface area contributed by atoms with E-state index in [-0.39, 0.29) is 18.9 Å². The zero-order valence-electron chi connectivity index (χ0n) is 11.9. The molecule has 0 bridgehead atoms. The van der Waals surface area contributed by atoms with E-state index in [4.69, 9.17) is 5.73 Å². The molecule has 0 saturated carbocycles. The van der Waals surface area contributed by atoms with Crippen LogP contribution in [0.1, 0.15) is 56.2 Å². The fourth-order valence-corrected chi connectivity index (χ4v) is 2.12. The van der Waals surface area contributed by atoms with E-state index >= 15 is 0 Å². The maximum absolute atomic E-state index is 7.96. The summed E-state index contributed by atoms with van der Waals surface area (Å²) in [5.74, 6) is 0. The van der Waals surface area contributed by atoms with Crippen LogP contribution in [0.2, 0.25) is 0 Å². The predicted octanol–water partition coefficient (Wildman–Crippen LogP) is 2.37. The minimum atomic E-state index is 0. The Balaban J connectivity index is 0.00000256. The average molecular weight is 225 g/mol. The van der Waals surface area contributed by atoms with Gasteiger partial charge in [0.15, 0.2) is 0 Å². The molecular formula is C15H24LiN. The zero-order valence-corrected chi connectivity index (χ0v) is 11.9. The molecule has 2 heteroatoms. The average Bonchev–Trinajstić information content (AvgIpc) is 2.28. The number of benzene rings is 1. The topological polar surface area (TPSA) is 23.8 Å². The van der Waals surface area contributed by atoms with Gasteiger partial charge in [-0.15, -0.1) is 5.69 Å². The fraction of sp³-hybridized carbons (Fsp3) is 0.600. The maximum Gasteiger partial charge on any atom is 1.00 e. The Morgan fingerprint density at radius 1 is 1.00 bits per heavy atom. The van der Waals surface area contributed by atoms with Gasteiger partial charge in [0, 0.05) is 0 Å². The van der Waals surface area contributed by atoms with E-state index in [0.29, 0.717) is 0 Å². The van der Waals surface area contributed by atoms with E-state index in [9.17, 15) is 0 Å². The first-order valence-corrected chi connectivity index (χ1v) is 6.53. The first kappa shape index (κ1) is 16.6. The number of rotatable bonds is 6. The van der Waals surface area contributed by atoms with Crippen molar-refractivity contribution in [2.75, 3.05) is 0 Å². The second-order valence-electron chi connectivity index (χ2n) is 4.58. The first-order chi connectivity index (χ1) is 7.70. The van der Waals surface area contributed by atoms with Crippen molar-refractivity contribution in [2.45, 2.75) is 59.3 Å². The summed E-state index contributed by atoms with van der Waals surface area (Å²) >= 11 is 0. The van der Waals surface area contributed by atoms with Crippen LogP contribution in [-0.2, 0) is 12.8 Å². The molecule has 0 spiro atoms. The van der Waals surface area contributed by atoms with Crippen molar-refractivity contribution in [2.24, 2.45) is 0 Å². The van der Waals surface area contributed by atoms with Crippen molar-refractivity contribution in [3.63, 3.8) is 0 Å². The second-order valence-corrected chi connectivity index (χ2v) is 4.58. The van der Waals surface area contributed by atoms with Crippen molar-refractivity contribution in [1.82, 2.24) is 0 Å². The Labute approximate surface area is 118 Å². The zero-order chi connectivity index (χ0) is 12.0. The Morgan fingerprint density at radius 3 is 2.18 bits per heavy atom. The van der Waals surface area contributed by atoms with Gasteiger partial charge in [0.2, 0.25) is 0 Å². The van der Waals surface area contributed by atoms with Crippen molar-refractivity contribution in [1.29, 1.82) is 0 Å². The molecule has 1 aromatic rings. The molecule has 1 rings (SSSR count). The molecule has 0 heterocycles. The maximum atomic E-state index is 7.96. The molecule has 0 atom stereocenters. The first-order valence-electron chi connectivity index (χ1n) is 6.53. The standard InChI is InChI=1S/C15H24N.Li/c1-4-6-8-13-10-11-15(16)14(12(13)3)9-7-5-2;/h10-11,16H,4-9H2,1-3H3;/q-1;+1. The van der Waals surface area contributed by atoms with Crippen molar-refractivity contribution >= 4 is 5.69 Å². The van der Waals surface area contributed by atoms with Crippen LogP contribution < -0.4 is 18.9 Å². The molecule has 0 amide bonds. The molecule has 0 aliphatic rings. The molecule has 1 nitrogen and oxygen atoms in total. The minimum Gasteiger partial charge on any atom is -0.698 e. The van der Waals surface area contributed by atoms with Crippen LogP contribution in [0, 0.1) is 6.92 Å². The smallest absolute Gasteiger partial charge is 0.698 e. The SMILES string of the molecule is CCCCc1ccc([NH-])c(CCCC)c1C.[Li+]. The Morgan fingerprint density at radius 2 is 1.59 bits per heavy atom. The molecule has 0 radical (unpaired) electrons. The summed E-state index contributed by atoms with van der Waals surface area (Å²) in [5.41, 5.74) is 12.8. The molecule has 0 unspecified atom stereocenters.